The molecule has 7 nitrogen and oxygen atoms in total. The van der Waals surface area contributed by atoms with Gasteiger partial charge < -0.3 is 24.8 Å². The first-order valence-corrected chi connectivity index (χ1v) is 17.0. The maximum atomic E-state index is 13.0. The lowest BCUT2D eigenvalue weighted by Crippen LogP contribution is -2.57. The molecule has 0 aromatic heterocycles. The third-order valence-electron chi connectivity index (χ3n) is 13.3. The van der Waals surface area contributed by atoms with E-state index in [1.54, 1.807) is 0 Å². The molecule has 0 bridgehead atoms. The number of fused-ring (bicyclic) bond motifs is 4. The molecule has 4 aliphatic rings. The molecule has 2 fully saturated rings. The van der Waals surface area contributed by atoms with Crippen molar-refractivity contribution >= 4 is 11.9 Å². The van der Waals surface area contributed by atoms with Crippen LogP contribution in [-0.2, 0) is 19.1 Å². The number of ether oxygens (including phenoxy) is 2. The van der Waals surface area contributed by atoms with Crippen molar-refractivity contribution in [1.29, 1.82) is 0 Å². The number of carbonyl (C=O) groups excluding carboxylic acids is 2. The first kappa shape index (κ1) is 35.2. The molecule has 250 valence electrons. The van der Waals surface area contributed by atoms with E-state index in [0.29, 0.717) is 5.92 Å². The molecule has 4 aliphatic carbocycles. The Hall–Kier alpha value is -1.70. The van der Waals surface area contributed by atoms with Crippen LogP contribution in [0.25, 0.3) is 0 Å². The molecular formula is C37H60O7. The van der Waals surface area contributed by atoms with Crippen molar-refractivity contribution in [2.24, 2.45) is 39.4 Å². The van der Waals surface area contributed by atoms with E-state index >= 15 is 0 Å². The molecule has 3 N–H and O–H groups in total. The molecule has 0 spiro atoms. The molecule has 0 heterocycles. The van der Waals surface area contributed by atoms with E-state index in [2.05, 4.69) is 59.3 Å². The van der Waals surface area contributed by atoms with Gasteiger partial charge in [0.25, 0.3) is 0 Å². The van der Waals surface area contributed by atoms with Gasteiger partial charge >= 0.3 is 11.9 Å². The van der Waals surface area contributed by atoms with Crippen LogP contribution in [0.3, 0.4) is 0 Å². The third kappa shape index (κ3) is 5.95. The lowest BCUT2D eigenvalue weighted by Gasteiger charge is -2.62. The van der Waals surface area contributed by atoms with Crippen LogP contribution in [-0.4, -0.2) is 58.8 Å². The van der Waals surface area contributed by atoms with Gasteiger partial charge in [0, 0.05) is 17.4 Å². The van der Waals surface area contributed by atoms with Crippen LogP contribution < -0.4 is 0 Å². The van der Waals surface area contributed by atoms with Gasteiger partial charge in [0.15, 0.2) is 0 Å². The Morgan fingerprint density at radius 3 is 2.30 bits per heavy atom. The number of rotatable bonds is 10. The van der Waals surface area contributed by atoms with Gasteiger partial charge in [-0.2, -0.15) is 0 Å². The Morgan fingerprint density at radius 2 is 1.68 bits per heavy atom. The smallest absolute Gasteiger partial charge is 0.309 e. The average Bonchev–Trinajstić information content (AvgIpc) is 3.13. The molecule has 0 radical (unpaired) electrons. The molecule has 0 aromatic carbocycles. The van der Waals surface area contributed by atoms with Crippen LogP contribution in [0.2, 0.25) is 0 Å². The number of aliphatic hydroxyl groups is 3. The van der Waals surface area contributed by atoms with E-state index in [0.717, 1.165) is 57.8 Å². The highest BCUT2D eigenvalue weighted by molar-refractivity contribution is 5.75. The van der Waals surface area contributed by atoms with Gasteiger partial charge in [-0.05, 0) is 107 Å². The fraction of sp³-hybridized carbons (Fsp3) is 0.838. The molecule has 0 aliphatic heterocycles. The Bertz CT molecular complexity index is 1160. The number of aliphatic hydroxyl groups excluding tert-OH is 2. The van der Waals surface area contributed by atoms with Gasteiger partial charge in [-0.1, -0.05) is 57.4 Å². The number of esters is 2. The van der Waals surface area contributed by atoms with Crippen LogP contribution in [0.1, 0.15) is 126 Å². The molecule has 2 saturated carbocycles. The standard InChI is InChI=1S/C37H60O7/c1-23(2)11-10-12-24(22-38)27-19-29(39)37(8)26-13-14-28-33(3,4)30(44-32(41)21-34(5,42)20-31(40)43-9)16-17-35(28,6)25(26)15-18-36(27,37)7/h11,24,27-30,38-39,42H,10,12-22H2,1-9H3. The first-order valence-electron chi connectivity index (χ1n) is 17.0. The van der Waals surface area contributed by atoms with Crippen molar-refractivity contribution < 1.29 is 34.4 Å². The summed E-state index contributed by atoms with van der Waals surface area (Å²) in [6.07, 6.45) is 9.27. The Kier molecular flexibility index (Phi) is 9.98. The highest BCUT2D eigenvalue weighted by Gasteiger charge is 2.67. The maximum Gasteiger partial charge on any atom is 0.309 e. The Morgan fingerprint density at radius 1 is 1.02 bits per heavy atom. The largest absolute Gasteiger partial charge is 0.469 e. The number of hydrogen-bond donors (Lipinski definition) is 3. The SMILES string of the molecule is COC(=O)CC(C)(O)CC(=O)OC1CCC2(C)C3=C(CCC2C1(C)C)C1(C)C(O)CC(C(CO)CCC=C(C)C)C1(C)CC3. The zero-order valence-corrected chi connectivity index (χ0v) is 28.9. The summed E-state index contributed by atoms with van der Waals surface area (Å²) in [6.45, 7) is 17.4. The number of carbonyl (C=O) groups is 2. The molecule has 9 unspecified atom stereocenters. The summed E-state index contributed by atoms with van der Waals surface area (Å²) in [4.78, 5) is 24.7. The molecule has 7 heteroatoms. The van der Waals surface area contributed by atoms with E-state index < -0.39 is 23.6 Å². The lowest BCUT2D eigenvalue weighted by molar-refractivity contribution is -0.175. The number of methoxy groups -OCH3 is 1. The van der Waals surface area contributed by atoms with E-state index in [1.165, 1.54) is 30.8 Å². The second-order valence-corrected chi connectivity index (χ2v) is 16.5. The summed E-state index contributed by atoms with van der Waals surface area (Å²) < 4.78 is 10.7. The summed E-state index contributed by atoms with van der Waals surface area (Å²) in [6, 6.07) is 0. The number of allylic oxidation sites excluding steroid dienone is 3. The molecular weight excluding hydrogens is 556 g/mol. The zero-order chi connectivity index (χ0) is 32.9. The normalized spacial score (nSPS) is 38.0. The topological polar surface area (TPSA) is 113 Å². The molecule has 0 saturated heterocycles. The highest BCUT2D eigenvalue weighted by atomic mass is 16.5. The Labute approximate surface area is 265 Å². The van der Waals surface area contributed by atoms with Gasteiger partial charge in [0.1, 0.15) is 6.10 Å². The van der Waals surface area contributed by atoms with Gasteiger partial charge in [-0.25, -0.2) is 0 Å². The quantitative estimate of drug-likeness (QED) is 0.185. The van der Waals surface area contributed by atoms with E-state index in [9.17, 15) is 24.9 Å². The first-order chi connectivity index (χ1) is 20.4. The summed E-state index contributed by atoms with van der Waals surface area (Å²) in [7, 11) is 1.27. The van der Waals surface area contributed by atoms with Crippen LogP contribution in [0.15, 0.2) is 22.8 Å². The van der Waals surface area contributed by atoms with E-state index in [1.807, 2.05) is 0 Å². The maximum absolute atomic E-state index is 13.0. The number of hydrogen-bond acceptors (Lipinski definition) is 7. The second-order valence-electron chi connectivity index (χ2n) is 16.5. The molecule has 9 atom stereocenters. The van der Waals surface area contributed by atoms with Gasteiger partial charge in [0.2, 0.25) is 0 Å². The molecule has 4 rings (SSSR count). The van der Waals surface area contributed by atoms with Crippen molar-refractivity contribution in [3.8, 4) is 0 Å². The third-order valence-corrected chi connectivity index (χ3v) is 13.3. The predicted octanol–water partition coefficient (Wildman–Crippen LogP) is 6.68. The fourth-order valence-corrected chi connectivity index (χ4v) is 10.6. The summed E-state index contributed by atoms with van der Waals surface area (Å²) in [5.41, 5.74) is 2.06. The Balaban J connectivity index is 1.57. The minimum atomic E-state index is -1.52. The minimum absolute atomic E-state index is 0.0433. The second kappa shape index (κ2) is 12.5. The van der Waals surface area contributed by atoms with Crippen LogP contribution in [0, 0.1) is 39.4 Å². The van der Waals surface area contributed by atoms with Crippen molar-refractivity contribution in [2.75, 3.05) is 13.7 Å². The summed E-state index contributed by atoms with van der Waals surface area (Å²) in [5.74, 6) is -0.276. The van der Waals surface area contributed by atoms with Gasteiger partial charge in [-0.15, -0.1) is 0 Å². The predicted molar refractivity (Wildman–Crippen MR) is 171 cm³/mol. The van der Waals surface area contributed by atoms with Gasteiger partial charge in [-0.3, -0.25) is 9.59 Å². The summed E-state index contributed by atoms with van der Waals surface area (Å²) in [5, 5.41) is 33.0. The van der Waals surface area contributed by atoms with Crippen LogP contribution >= 0.6 is 0 Å². The van der Waals surface area contributed by atoms with E-state index in [-0.39, 0.29) is 59.0 Å². The summed E-state index contributed by atoms with van der Waals surface area (Å²) >= 11 is 0. The molecule has 0 amide bonds. The van der Waals surface area contributed by atoms with Crippen molar-refractivity contribution in [2.45, 2.75) is 144 Å². The van der Waals surface area contributed by atoms with Crippen molar-refractivity contribution in [3.05, 3.63) is 22.8 Å². The van der Waals surface area contributed by atoms with Gasteiger partial charge in [0.05, 0.1) is 31.7 Å². The molecule has 0 aromatic rings. The zero-order valence-electron chi connectivity index (χ0n) is 28.9. The van der Waals surface area contributed by atoms with E-state index in [4.69, 9.17) is 4.74 Å². The lowest BCUT2D eigenvalue weighted by atomic mass is 9.43. The monoisotopic (exact) mass is 616 g/mol. The fourth-order valence-electron chi connectivity index (χ4n) is 10.6. The average molecular weight is 617 g/mol. The van der Waals surface area contributed by atoms with Crippen LogP contribution in [0.5, 0.6) is 0 Å². The minimum Gasteiger partial charge on any atom is -0.469 e. The molecule has 44 heavy (non-hydrogen) atoms. The van der Waals surface area contributed by atoms with Crippen molar-refractivity contribution in [3.63, 3.8) is 0 Å². The highest BCUT2D eigenvalue weighted by Crippen LogP contribution is 2.72. The van der Waals surface area contributed by atoms with Crippen LogP contribution in [0.4, 0.5) is 0 Å². The van der Waals surface area contributed by atoms with Crippen molar-refractivity contribution in [1.82, 2.24) is 0 Å².